The van der Waals surface area contributed by atoms with Crippen molar-refractivity contribution in [1.82, 2.24) is 5.32 Å². The van der Waals surface area contributed by atoms with Gasteiger partial charge in [-0.15, -0.1) is 0 Å². The highest BCUT2D eigenvalue weighted by Gasteiger charge is 2.39. The molecule has 82 valence electrons. The molecule has 2 heteroatoms. The van der Waals surface area contributed by atoms with E-state index in [1.54, 1.807) is 0 Å². The molecular formula is C12H23NO. The van der Waals surface area contributed by atoms with Crippen molar-refractivity contribution < 1.29 is 4.74 Å². The molecule has 1 saturated carbocycles. The van der Waals surface area contributed by atoms with Gasteiger partial charge in [0.2, 0.25) is 0 Å². The average molecular weight is 197 g/mol. The maximum Gasteiger partial charge on any atom is 0.0685 e. The van der Waals surface area contributed by atoms with E-state index in [1.165, 1.54) is 45.1 Å². The van der Waals surface area contributed by atoms with Crippen molar-refractivity contribution >= 4 is 0 Å². The molecule has 0 aromatic rings. The summed E-state index contributed by atoms with van der Waals surface area (Å²) in [6, 6.07) is 0. The van der Waals surface area contributed by atoms with Crippen LogP contribution in [-0.4, -0.2) is 25.3 Å². The van der Waals surface area contributed by atoms with Gasteiger partial charge in [0.15, 0.2) is 0 Å². The number of rotatable bonds is 3. The second-order valence-electron chi connectivity index (χ2n) is 4.91. The lowest BCUT2D eigenvalue weighted by Crippen LogP contribution is -2.40. The Hall–Kier alpha value is -0.0800. The fourth-order valence-corrected chi connectivity index (χ4v) is 3.02. The molecular weight excluding hydrogens is 174 g/mol. The lowest BCUT2D eigenvalue weighted by molar-refractivity contribution is -0.0920. The Morgan fingerprint density at radius 1 is 1.36 bits per heavy atom. The highest BCUT2D eigenvalue weighted by atomic mass is 16.5. The van der Waals surface area contributed by atoms with Crippen LogP contribution in [-0.2, 0) is 4.74 Å². The van der Waals surface area contributed by atoms with E-state index in [0.29, 0.717) is 5.60 Å². The summed E-state index contributed by atoms with van der Waals surface area (Å²) in [7, 11) is 0. The summed E-state index contributed by atoms with van der Waals surface area (Å²) >= 11 is 0. The fraction of sp³-hybridized carbons (Fsp3) is 1.00. The Labute approximate surface area is 87.4 Å². The third-order valence-corrected chi connectivity index (χ3v) is 3.79. The van der Waals surface area contributed by atoms with Gasteiger partial charge in [0.25, 0.3) is 0 Å². The van der Waals surface area contributed by atoms with Crippen molar-refractivity contribution in [1.29, 1.82) is 0 Å². The third-order valence-electron chi connectivity index (χ3n) is 3.79. The van der Waals surface area contributed by atoms with Gasteiger partial charge < -0.3 is 10.1 Å². The predicted molar refractivity (Wildman–Crippen MR) is 58.4 cm³/mol. The quantitative estimate of drug-likeness (QED) is 0.750. The predicted octanol–water partition coefficient (Wildman–Crippen LogP) is 2.34. The van der Waals surface area contributed by atoms with Gasteiger partial charge in [-0.25, -0.2) is 0 Å². The SMILES string of the molecule is CCNCC1CCOC2(CCCC2)C1. The van der Waals surface area contributed by atoms with Crippen molar-refractivity contribution in [3.05, 3.63) is 0 Å². The molecule has 2 nitrogen and oxygen atoms in total. The molecule has 0 aromatic carbocycles. The summed E-state index contributed by atoms with van der Waals surface area (Å²) in [5, 5.41) is 3.47. The molecule has 0 radical (unpaired) electrons. The van der Waals surface area contributed by atoms with Crippen molar-refractivity contribution in [3.63, 3.8) is 0 Å². The van der Waals surface area contributed by atoms with Crippen LogP contribution in [0.4, 0.5) is 0 Å². The largest absolute Gasteiger partial charge is 0.375 e. The van der Waals surface area contributed by atoms with E-state index in [1.807, 2.05) is 0 Å². The van der Waals surface area contributed by atoms with Crippen molar-refractivity contribution in [3.8, 4) is 0 Å². The van der Waals surface area contributed by atoms with E-state index < -0.39 is 0 Å². The van der Waals surface area contributed by atoms with Crippen LogP contribution in [0.15, 0.2) is 0 Å². The van der Waals surface area contributed by atoms with Crippen molar-refractivity contribution in [2.45, 2.75) is 51.0 Å². The van der Waals surface area contributed by atoms with Crippen LogP contribution in [0, 0.1) is 5.92 Å². The van der Waals surface area contributed by atoms with Gasteiger partial charge >= 0.3 is 0 Å². The summed E-state index contributed by atoms with van der Waals surface area (Å²) in [4.78, 5) is 0. The first-order valence-corrected chi connectivity index (χ1v) is 6.19. The highest BCUT2D eigenvalue weighted by Crippen LogP contribution is 2.41. The summed E-state index contributed by atoms with van der Waals surface area (Å²) in [6.07, 6.45) is 7.96. The smallest absolute Gasteiger partial charge is 0.0685 e. The molecule has 2 aliphatic rings. The molecule has 1 aliphatic carbocycles. The van der Waals surface area contributed by atoms with Gasteiger partial charge in [0.05, 0.1) is 5.60 Å². The second kappa shape index (κ2) is 4.63. The number of hydrogen-bond donors (Lipinski definition) is 1. The van der Waals surface area contributed by atoms with Gasteiger partial charge in [-0.3, -0.25) is 0 Å². The minimum absolute atomic E-state index is 0.304. The van der Waals surface area contributed by atoms with E-state index in [2.05, 4.69) is 12.2 Å². The molecule has 1 saturated heterocycles. The number of hydrogen-bond acceptors (Lipinski definition) is 2. The van der Waals surface area contributed by atoms with Crippen LogP contribution in [0.5, 0.6) is 0 Å². The zero-order chi connectivity index (χ0) is 9.86. The lowest BCUT2D eigenvalue weighted by Gasteiger charge is -2.38. The van der Waals surface area contributed by atoms with Gasteiger partial charge in [0.1, 0.15) is 0 Å². The van der Waals surface area contributed by atoms with E-state index >= 15 is 0 Å². The zero-order valence-electron chi connectivity index (χ0n) is 9.35. The van der Waals surface area contributed by atoms with E-state index in [4.69, 9.17) is 4.74 Å². The topological polar surface area (TPSA) is 21.3 Å². The summed E-state index contributed by atoms with van der Waals surface area (Å²) in [6.45, 7) is 5.48. The first-order chi connectivity index (χ1) is 6.85. The standard InChI is InChI=1S/C12H23NO/c1-2-13-10-11-5-8-14-12(9-11)6-3-4-7-12/h11,13H,2-10H2,1H3. The van der Waals surface area contributed by atoms with Gasteiger partial charge in [-0.2, -0.15) is 0 Å². The first kappa shape index (κ1) is 10.4. The molecule has 14 heavy (non-hydrogen) atoms. The van der Waals surface area contributed by atoms with Crippen LogP contribution in [0.3, 0.4) is 0 Å². The molecule has 0 bridgehead atoms. The van der Waals surface area contributed by atoms with Gasteiger partial charge in [-0.05, 0) is 44.7 Å². The Bertz CT molecular complexity index is 175. The van der Waals surface area contributed by atoms with Crippen LogP contribution in [0.1, 0.15) is 45.4 Å². The second-order valence-corrected chi connectivity index (χ2v) is 4.91. The normalized spacial score (nSPS) is 31.1. The molecule has 1 N–H and O–H groups in total. The highest BCUT2D eigenvalue weighted by molar-refractivity contribution is 4.91. The fourth-order valence-electron chi connectivity index (χ4n) is 3.02. The van der Waals surface area contributed by atoms with Crippen LogP contribution >= 0.6 is 0 Å². The molecule has 1 spiro atoms. The van der Waals surface area contributed by atoms with E-state index in [-0.39, 0.29) is 0 Å². The Kier molecular flexibility index (Phi) is 3.45. The maximum atomic E-state index is 6.01. The monoisotopic (exact) mass is 197 g/mol. The molecule has 0 aromatic heterocycles. The third kappa shape index (κ3) is 2.29. The van der Waals surface area contributed by atoms with Crippen molar-refractivity contribution in [2.75, 3.05) is 19.7 Å². The van der Waals surface area contributed by atoms with Gasteiger partial charge in [-0.1, -0.05) is 19.8 Å². The summed E-state index contributed by atoms with van der Waals surface area (Å²) < 4.78 is 6.01. The lowest BCUT2D eigenvalue weighted by atomic mass is 9.84. The Morgan fingerprint density at radius 3 is 2.86 bits per heavy atom. The van der Waals surface area contributed by atoms with E-state index in [9.17, 15) is 0 Å². The minimum atomic E-state index is 0.304. The number of nitrogens with one attached hydrogen (secondary N) is 1. The van der Waals surface area contributed by atoms with Gasteiger partial charge in [0, 0.05) is 6.61 Å². The molecule has 1 heterocycles. The summed E-state index contributed by atoms with van der Waals surface area (Å²) in [5.41, 5.74) is 0.304. The molecule has 1 atom stereocenters. The van der Waals surface area contributed by atoms with Crippen LogP contribution in [0.2, 0.25) is 0 Å². The first-order valence-electron chi connectivity index (χ1n) is 6.19. The molecule has 2 fully saturated rings. The summed E-state index contributed by atoms with van der Waals surface area (Å²) in [5.74, 6) is 0.863. The molecule has 1 unspecified atom stereocenters. The average Bonchev–Trinajstić information content (AvgIpc) is 2.63. The van der Waals surface area contributed by atoms with E-state index in [0.717, 1.165) is 19.1 Å². The molecule has 2 rings (SSSR count). The van der Waals surface area contributed by atoms with Crippen LogP contribution < -0.4 is 5.32 Å². The maximum absolute atomic E-state index is 6.01. The van der Waals surface area contributed by atoms with Crippen molar-refractivity contribution in [2.24, 2.45) is 5.92 Å². The molecule has 0 amide bonds. The Balaban J connectivity index is 1.83. The minimum Gasteiger partial charge on any atom is -0.375 e. The van der Waals surface area contributed by atoms with Crippen LogP contribution in [0.25, 0.3) is 0 Å². The Morgan fingerprint density at radius 2 is 2.14 bits per heavy atom. The molecule has 1 aliphatic heterocycles. The zero-order valence-corrected chi connectivity index (χ0v) is 9.35. The number of ether oxygens (including phenoxy) is 1.